The van der Waals surface area contributed by atoms with Crippen LogP contribution in [0.5, 0.6) is 0 Å². The highest BCUT2D eigenvalue weighted by molar-refractivity contribution is 5.92. The molecule has 0 aromatic carbocycles. The average molecular weight is 239 g/mol. The molecular weight excluding hydrogens is 222 g/mol. The highest BCUT2D eigenvalue weighted by atomic mass is 16.3. The van der Waals surface area contributed by atoms with Crippen molar-refractivity contribution in [1.82, 2.24) is 15.1 Å². The van der Waals surface area contributed by atoms with Gasteiger partial charge in [-0.2, -0.15) is 5.10 Å². The Balaban J connectivity index is 2.71. The van der Waals surface area contributed by atoms with E-state index in [9.17, 15) is 14.7 Å². The van der Waals surface area contributed by atoms with E-state index in [-0.39, 0.29) is 17.8 Å². The molecule has 1 unspecified atom stereocenters. The molecule has 1 heterocycles. The van der Waals surface area contributed by atoms with Crippen LogP contribution in [0.15, 0.2) is 16.9 Å². The Kier molecular flexibility index (Phi) is 4.01. The number of amides is 1. The zero-order valence-corrected chi connectivity index (χ0v) is 10.2. The molecule has 0 aliphatic heterocycles. The zero-order chi connectivity index (χ0) is 13.1. The molecule has 0 fully saturated rings. The summed E-state index contributed by atoms with van der Waals surface area (Å²) in [5.74, 6) is -0.408. The molecule has 6 nitrogen and oxygen atoms in total. The second-order valence-corrected chi connectivity index (χ2v) is 4.21. The minimum absolute atomic E-state index is 0.146. The number of hydrogen-bond acceptors (Lipinski definition) is 4. The van der Waals surface area contributed by atoms with Crippen LogP contribution in [0.4, 0.5) is 0 Å². The molecule has 1 amide bonds. The summed E-state index contributed by atoms with van der Waals surface area (Å²) < 4.78 is 1.09. The first-order valence-corrected chi connectivity index (χ1v) is 5.40. The first kappa shape index (κ1) is 13.4. The lowest BCUT2D eigenvalue weighted by Gasteiger charge is -2.21. The lowest BCUT2D eigenvalue weighted by Crippen LogP contribution is -2.40. The van der Waals surface area contributed by atoms with Gasteiger partial charge in [0.1, 0.15) is 5.69 Å². The van der Waals surface area contributed by atoms with Crippen molar-refractivity contribution in [2.75, 3.05) is 6.54 Å². The number of nitrogens with zero attached hydrogens (tertiary/aromatic N) is 2. The molecule has 0 spiro atoms. The van der Waals surface area contributed by atoms with Crippen molar-refractivity contribution in [3.63, 3.8) is 0 Å². The molecule has 1 rings (SSSR count). The van der Waals surface area contributed by atoms with Crippen LogP contribution in [-0.2, 0) is 7.05 Å². The lowest BCUT2D eigenvalue weighted by molar-refractivity contribution is 0.0516. The van der Waals surface area contributed by atoms with E-state index in [2.05, 4.69) is 10.4 Å². The first-order chi connectivity index (χ1) is 7.85. The van der Waals surface area contributed by atoms with Gasteiger partial charge < -0.3 is 10.4 Å². The number of aliphatic hydroxyl groups is 1. The maximum Gasteiger partial charge on any atom is 0.271 e. The molecular formula is C11H17N3O3. The topological polar surface area (TPSA) is 84.2 Å². The van der Waals surface area contributed by atoms with Gasteiger partial charge in [0.05, 0.1) is 5.60 Å². The van der Waals surface area contributed by atoms with Crippen molar-refractivity contribution in [3.8, 4) is 0 Å². The number of nitrogens with one attached hydrogen (secondary N) is 1. The third kappa shape index (κ3) is 3.67. The number of carbonyl (C=O) groups is 1. The van der Waals surface area contributed by atoms with Crippen LogP contribution in [0.25, 0.3) is 0 Å². The van der Waals surface area contributed by atoms with Crippen LogP contribution >= 0.6 is 0 Å². The van der Waals surface area contributed by atoms with E-state index in [1.165, 1.54) is 19.2 Å². The van der Waals surface area contributed by atoms with Gasteiger partial charge in [-0.1, -0.05) is 6.92 Å². The van der Waals surface area contributed by atoms with E-state index in [1.54, 1.807) is 6.92 Å². The van der Waals surface area contributed by atoms with Crippen LogP contribution < -0.4 is 10.9 Å². The molecule has 0 aliphatic carbocycles. The van der Waals surface area contributed by atoms with E-state index in [0.717, 1.165) is 4.68 Å². The van der Waals surface area contributed by atoms with Crippen molar-refractivity contribution in [1.29, 1.82) is 0 Å². The summed E-state index contributed by atoms with van der Waals surface area (Å²) in [5, 5.41) is 16.1. The number of carbonyl (C=O) groups excluding carboxylic acids is 1. The number of aromatic nitrogens is 2. The Morgan fingerprint density at radius 2 is 2.24 bits per heavy atom. The minimum atomic E-state index is -0.934. The number of aryl methyl sites for hydroxylation is 1. The van der Waals surface area contributed by atoms with Crippen molar-refractivity contribution >= 4 is 5.91 Å². The van der Waals surface area contributed by atoms with E-state index in [1.807, 2.05) is 6.92 Å². The Hall–Kier alpha value is -1.69. The summed E-state index contributed by atoms with van der Waals surface area (Å²) in [6, 6.07) is 2.64. The van der Waals surface area contributed by atoms with Gasteiger partial charge in [0.2, 0.25) is 0 Å². The van der Waals surface area contributed by atoms with E-state index in [0.29, 0.717) is 6.42 Å². The maximum atomic E-state index is 11.7. The molecule has 0 bridgehead atoms. The number of hydrogen-bond donors (Lipinski definition) is 2. The zero-order valence-electron chi connectivity index (χ0n) is 10.2. The molecule has 94 valence electrons. The summed E-state index contributed by atoms with van der Waals surface area (Å²) in [5.41, 5.74) is -1.06. The van der Waals surface area contributed by atoms with Crippen LogP contribution in [0.1, 0.15) is 30.8 Å². The molecule has 1 aromatic rings. The Morgan fingerprint density at radius 3 is 2.76 bits per heavy atom. The Bertz CT molecular complexity index is 465. The SMILES string of the molecule is CCC(C)(O)CNC(=O)c1ccc(=O)n(C)n1. The van der Waals surface area contributed by atoms with Crippen molar-refractivity contribution in [2.45, 2.75) is 25.9 Å². The molecule has 1 aromatic heterocycles. The Labute approximate surface area is 99.3 Å². The fourth-order valence-electron chi connectivity index (χ4n) is 1.11. The maximum absolute atomic E-state index is 11.7. The summed E-state index contributed by atoms with van der Waals surface area (Å²) in [6.45, 7) is 3.62. The fourth-order valence-corrected chi connectivity index (χ4v) is 1.11. The monoisotopic (exact) mass is 239 g/mol. The minimum Gasteiger partial charge on any atom is -0.388 e. The molecule has 2 N–H and O–H groups in total. The van der Waals surface area contributed by atoms with Crippen molar-refractivity contribution < 1.29 is 9.90 Å². The van der Waals surface area contributed by atoms with E-state index in [4.69, 9.17) is 0 Å². The van der Waals surface area contributed by atoms with Gasteiger partial charge in [0, 0.05) is 19.7 Å². The van der Waals surface area contributed by atoms with E-state index >= 15 is 0 Å². The molecule has 0 aliphatic rings. The van der Waals surface area contributed by atoms with Crippen LogP contribution in [0.3, 0.4) is 0 Å². The van der Waals surface area contributed by atoms with Gasteiger partial charge in [-0.05, 0) is 19.4 Å². The Morgan fingerprint density at radius 1 is 1.59 bits per heavy atom. The summed E-state index contributed by atoms with van der Waals surface area (Å²) >= 11 is 0. The molecule has 0 radical (unpaired) electrons. The third-order valence-corrected chi connectivity index (χ3v) is 2.58. The molecule has 6 heteroatoms. The van der Waals surface area contributed by atoms with Gasteiger partial charge in [0.15, 0.2) is 0 Å². The van der Waals surface area contributed by atoms with Crippen molar-refractivity contribution in [3.05, 3.63) is 28.2 Å². The first-order valence-electron chi connectivity index (χ1n) is 5.40. The second kappa shape index (κ2) is 5.09. The lowest BCUT2D eigenvalue weighted by atomic mass is 10.0. The van der Waals surface area contributed by atoms with Gasteiger partial charge in [-0.3, -0.25) is 9.59 Å². The average Bonchev–Trinajstić information content (AvgIpc) is 2.30. The molecule has 0 saturated heterocycles. The van der Waals surface area contributed by atoms with Gasteiger partial charge in [-0.15, -0.1) is 0 Å². The summed E-state index contributed by atoms with van der Waals surface area (Å²) in [7, 11) is 1.47. The molecule has 17 heavy (non-hydrogen) atoms. The molecule has 0 saturated carbocycles. The predicted octanol–water partition coefficient (Wildman–Crippen LogP) is -0.329. The standard InChI is InChI=1S/C11H17N3O3/c1-4-11(2,17)7-12-10(16)8-5-6-9(15)14(3)13-8/h5-6,17H,4,7H2,1-3H3,(H,12,16). The van der Waals surface area contributed by atoms with Crippen LogP contribution in [-0.4, -0.2) is 32.9 Å². The van der Waals surface area contributed by atoms with Crippen LogP contribution in [0.2, 0.25) is 0 Å². The van der Waals surface area contributed by atoms with Gasteiger partial charge >= 0.3 is 0 Å². The summed E-state index contributed by atoms with van der Waals surface area (Å²) in [6.07, 6.45) is 0.536. The predicted molar refractivity (Wildman–Crippen MR) is 62.7 cm³/mol. The second-order valence-electron chi connectivity index (χ2n) is 4.21. The third-order valence-electron chi connectivity index (χ3n) is 2.58. The fraction of sp³-hybridized carbons (Fsp3) is 0.545. The smallest absolute Gasteiger partial charge is 0.271 e. The van der Waals surface area contributed by atoms with Crippen molar-refractivity contribution in [2.24, 2.45) is 7.05 Å². The highest BCUT2D eigenvalue weighted by Crippen LogP contribution is 2.06. The van der Waals surface area contributed by atoms with Gasteiger partial charge in [-0.25, -0.2) is 4.68 Å². The van der Waals surface area contributed by atoms with Crippen LogP contribution in [0, 0.1) is 0 Å². The summed E-state index contributed by atoms with van der Waals surface area (Å²) in [4.78, 5) is 22.8. The normalized spacial score (nSPS) is 14.1. The van der Waals surface area contributed by atoms with Gasteiger partial charge in [0.25, 0.3) is 11.5 Å². The largest absolute Gasteiger partial charge is 0.388 e. The van der Waals surface area contributed by atoms with E-state index < -0.39 is 11.5 Å². The molecule has 1 atom stereocenters. The highest BCUT2D eigenvalue weighted by Gasteiger charge is 2.19. The number of rotatable bonds is 4. The quantitative estimate of drug-likeness (QED) is 0.753.